The Morgan fingerprint density at radius 1 is 1.33 bits per heavy atom. The molecule has 1 aromatic heterocycles. The van der Waals surface area contributed by atoms with Crippen molar-refractivity contribution in [3.8, 4) is 6.07 Å². The van der Waals surface area contributed by atoms with E-state index in [0.717, 1.165) is 16.8 Å². The number of hydrogen-bond donors (Lipinski definition) is 1. The maximum absolute atomic E-state index is 8.90. The molecule has 1 heterocycles. The molecular formula is C15H15N3. The standard InChI is InChI=1S/C15H15N3/c1-11-6-7-17-10-15(11)18-12(2)14-5-3-4-13(8-14)9-16/h3-8,10,12,18H,1-2H3. The molecule has 3 heteroatoms. The highest BCUT2D eigenvalue weighted by molar-refractivity contribution is 5.50. The zero-order valence-electron chi connectivity index (χ0n) is 10.5. The summed E-state index contributed by atoms with van der Waals surface area (Å²) in [6, 6.07) is 11.9. The molecule has 1 aromatic carbocycles. The number of aryl methyl sites for hydroxylation is 1. The first-order chi connectivity index (χ1) is 8.70. The first kappa shape index (κ1) is 12.1. The molecule has 0 fully saturated rings. The molecule has 0 bridgehead atoms. The predicted octanol–water partition coefficient (Wildman–Crippen LogP) is 3.43. The Labute approximate surface area is 107 Å². The van der Waals surface area contributed by atoms with Crippen molar-refractivity contribution in [1.82, 2.24) is 4.98 Å². The van der Waals surface area contributed by atoms with Crippen LogP contribution in [-0.2, 0) is 0 Å². The van der Waals surface area contributed by atoms with E-state index in [9.17, 15) is 0 Å². The Morgan fingerprint density at radius 2 is 2.17 bits per heavy atom. The van der Waals surface area contributed by atoms with E-state index in [1.807, 2.05) is 43.5 Å². The smallest absolute Gasteiger partial charge is 0.0991 e. The molecule has 0 spiro atoms. The molecule has 0 amide bonds. The number of nitrogens with one attached hydrogen (secondary N) is 1. The van der Waals surface area contributed by atoms with Gasteiger partial charge in [-0.25, -0.2) is 0 Å². The van der Waals surface area contributed by atoms with Crippen LogP contribution < -0.4 is 5.32 Å². The summed E-state index contributed by atoms with van der Waals surface area (Å²) in [7, 11) is 0. The third-order valence-electron chi connectivity index (χ3n) is 2.93. The van der Waals surface area contributed by atoms with Crippen LogP contribution in [0.15, 0.2) is 42.7 Å². The van der Waals surface area contributed by atoms with Crippen LogP contribution in [0.2, 0.25) is 0 Å². The average molecular weight is 237 g/mol. The van der Waals surface area contributed by atoms with Crippen LogP contribution in [0.1, 0.15) is 29.7 Å². The number of anilines is 1. The molecule has 90 valence electrons. The first-order valence-electron chi connectivity index (χ1n) is 5.88. The maximum Gasteiger partial charge on any atom is 0.0991 e. The highest BCUT2D eigenvalue weighted by atomic mass is 14.9. The Hall–Kier alpha value is -2.34. The van der Waals surface area contributed by atoms with Gasteiger partial charge in [0.15, 0.2) is 0 Å². The minimum Gasteiger partial charge on any atom is -0.377 e. The second-order valence-corrected chi connectivity index (χ2v) is 4.29. The van der Waals surface area contributed by atoms with Crippen molar-refractivity contribution in [2.24, 2.45) is 0 Å². The summed E-state index contributed by atoms with van der Waals surface area (Å²) < 4.78 is 0. The van der Waals surface area contributed by atoms with Gasteiger partial charge in [-0.2, -0.15) is 5.26 Å². The molecule has 0 saturated heterocycles. The van der Waals surface area contributed by atoms with Gasteiger partial charge in [-0.15, -0.1) is 0 Å². The van der Waals surface area contributed by atoms with Crippen LogP contribution in [0.25, 0.3) is 0 Å². The van der Waals surface area contributed by atoms with Gasteiger partial charge < -0.3 is 5.32 Å². The molecule has 0 saturated carbocycles. The molecule has 2 aromatic rings. The summed E-state index contributed by atoms with van der Waals surface area (Å²) in [4.78, 5) is 4.11. The molecule has 18 heavy (non-hydrogen) atoms. The van der Waals surface area contributed by atoms with Crippen LogP contribution >= 0.6 is 0 Å². The zero-order valence-corrected chi connectivity index (χ0v) is 10.5. The van der Waals surface area contributed by atoms with Crippen molar-refractivity contribution in [1.29, 1.82) is 5.26 Å². The summed E-state index contributed by atoms with van der Waals surface area (Å²) in [6.45, 7) is 4.12. The Morgan fingerprint density at radius 3 is 2.89 bits per heavy atom. The number of nitrogens with zero attached hydrogens (tertiary/aromatic N) is 2. The van der Waals surface area contributed by atoms with Crippen molar-refractivity contribution >= 4 is 5.69 Å². The first-order valence-corrected chi connectivity index (χ1v) is 5.88. The van der Waals surface area contributed by atoms with Gasteiger partial charge in [0.05, 0.1) is 23.5 Å². The van der Waals surface area contributed by atoms with E-state index >= 15 is 0 Å². The number of benzene rings is 1. The fourth-order valence-electron chi connectivity index (χ4n) is 1.81. The topological polar surface area (TPSA) is 48.7 Å². The van der Waals surface area contributed by atoms with Crippen molar-refractivity contribution in [3.05, 3.63) is 59.4 Å². The van der Waals surface area contributed by atoms with Crippen LogP contribution in [0.3, 0.4) is 0 Å². The Balaban J connectivity index is 2.20. The van der Waals surface area contributed by atoms with Gasteiger partial charge in [0.25, 0.3) is 0 Å². The summed E-state index contributed by atoms with van der Waals surface area (Å²) in [5.41, 5.74) is 3.96. The lowest BCUT2D eigenvalue weighted by atomic mass is 10.1. The van der Waals surface area contributed by atoms with Gasteiger partial charge >= 0.3 is 0 Å². The third kappa shape index (κ3) is 2.67. The minimum absolute atomic E-state index is 0.140. The monoisotopic (exact) mass is 237 g/mol. The number of aromatic nitrogens is 1. The van der Waals surface area contributed by atoms with E-state index in [1.165, 1.54) is 0 Å². The quantitative estimate of drug-likeness (QED) is 0.889. The molecule has 0 aliphatic rings. The van der Waals surface area contributed by atoms with Crippen LogP contribution in [-0.4, -0.2) is 4.98 Å². The summed E-state index contributed by atoms with van der Waals surface area (Å²) in [6.07, 6.45) is 3.60. The van der Waals surface area contributed by atoms with Crippen molar-refractivity contribution in [2.75, 3.05) is 5.32 Å². The van der Waals surface area contributed by atoms with Gasteiger partial charge in [0.2, 0.25) is 0 Å². The second kappa shape index (κ2) is 5.33. The van der Waals surface area contributed by atoms with Gasteiger partial charge in [-0.05, 0) is 43.2 Å². The molecule has 0 radical (unpaired) electrons. The van der Waals surface area contributed by atoms with Crippen LogP contribution in [0, 0.1) is 18.3 Å². The summed E-state index contributed by atoms with van der Waals surface area (Å²) >= 11 is 0. The molecule has 3 nitrogen and oxygen atoms in total. The highest BCUT2D eigenvalue weighted by Gasteiger charge is 2.07. The Bertz CT molecular complexity index is 584. The molecular weight excluding hydrogens is 222 g/mol. The van der Waals surface area contributed by atoms with Gasteiger partial charge in [0, 0.05) is 12.2 Å². The van der Waals surface area contributed by atoms with Crippen LogP contribution in [0.5, 0.6) is 0 Å². The SMILES string of the molecule is Cc1ccncc1NC(C)c1cccc(C#N)c1. The largest absolute Gasteiger partial charge is 0.377 e. The lowest BCUT2D eigenvalue weighted by Crippen LogP contribution is -2.08. The van der Waals surface area contributed by atoms with Crippen molar-refractivity contribution in [3.63, 3.8) is 0 Å². The normalized spacial score (nSPS) is 11.6. The van der Waals surface area contributed by atoms with Crippen LogP contribution in [0.4, 0.5) is 5.69 Å². The second-order valence-electron chi connectivity index (χ2n) is 4.29. The number of pyridine rings is 1. The molecule has 1 N–H and O–H groups in total. The lowest BCUT2D eigenvalue weighted by molar-refractivity contribution is 0.880. The van der Waals surface area contributed by atoms with Crippen molar-refractivity contribution < 1.29 is 0 Å². The van der Waals surface area contributed by atoms with E-state index in [0.29, 0.717) is 5.56 Å². The van der Waals surface area contributed by atoms with E-state index < -0.39 is 0 Å². The predicted molar refractivity (Wildman–Crippen MR) is 72.2 cm³/mol. The van der Waals surface area contributed by atoms with Gasteiger partial charge in [-0.3, -0.25) is 4.98 Å². The zero-order chi connectivity index (χ0) is 13.0. The van der Waals surface area contributed by atoms with Gasteiger partial charge in [0.1, 0.15) is 0 Å². The molecule has 1 unspecified atom stereocenters. The minimum atomic E-state index is 0.140. The highest BCUT2D eigenvalue weighted by Crippen LogP contribution is 2.21. The summed E-state index contributed by atoms with van der Waals surface area (Å²) in [5.74, 6) is 0. The van der Waals surface area contributed by atoms with E-state index in [2.05, 4.69) is 23.3 Å². The Kier molecular flexibility index (Phi) is 3.59. The third-order valence-corrected chi connectivity index (χ3v) is 2.93. The van der Waals surface area contributed by atoms with Crippen molar-refractivity contribution in [2.45, 2.75) is 19.9 Å². The molecule has 1 atom stereocenters. The maximum atomic E-state index is 8.90. The number of hydrogen-bond acceptors (Lipinski definition) is 3. The average Bonchev–Trinajstić information content (AvgIpc) is 2.41. The van der Waals surface area contributed by atoms with Gasteiger partial charge in [-0.1, -0.05) is 12.1 Å². The number of nitriles is 1. The molecule has 0 aliphatic heterocycles. The fraction of sp³-hybridized carbons (Fsp3) is 0.200. The van der Waals surface area contributed by atoms with E-state index in [4.69, 9.17) is 5.26 Å². The van der Waals surface area contributed by atoms with E-state index in [-0.39, 0.29) is 6.04 Å². The lowest BCUT2D eigenvalue weighted by Gasteiger charge is -2.17. The fourth-order valence-corrected chi connectivity index (χ4v) is 1.81. The summed E-state index contributed by atoms with van der Waals surface area (Å²) in [5, 5.41) is 12.3. The molecule has 0 aliphatic carbocycles. The molecule has 2 rings (SSSR count). The van der Waals surface area contributed by atoms with E-state index in [1.54, 1.807) is 6.20 Å². The number of rotatable bonds is 3.